The highest BCUT2D eigenvalue weighted by Gasteiger charge is 2.31. The lowest BCUT2D eigenvalue weighted by atomic mass is 9.94. The molecule has 2 aromatic rings. The highest BCUT2D eigenvalue weighted by Crippen LogP contribution is 2.38. The smallest absolute Gasteiger partial charge is 0.318 e. The second kappa shape index (κ2) is 15.6. The van der Waals surface area contributed by atoms with Crippen LogP contribution >= 0.6 is 11.8 Å². The van der Waals surface area contributed by atoms with Crippen LogP contribution in [0.1, 0.15) is 110 Å². The Bertz CT molecular complexity index is 1620. The minimum Gasteiger partial charge on any atom is -0.318 e. The molecule has 3 aliphatic carbocycles. The van der Waals surface area contributed by atoms with E-state index in [1.807, 2.05) is 0 Å². The number of nitro groups is 1. The number of hydrogen-bond acceptors (Lipinski definition) is 11. The first kappa shape index (κ1) is 34.2. The van der Waals surface area contributed by atoms with E-state index in [2.05, 4.69) is 10.3 Å². The van der Waals surface area contributed by atoms with E-state index in [-0.39, 0.29) is 40.4 Å². The number of aryl methyl sites for hydroxylation is 1. The van der Waals surface area contributed by atoms with E-state index in [0.29, 0.717) is 20.9 Å². The highest BCUT2D eigenvalue weighted by molar-refractivity contribution is 7.99. The summed E-state index contributed by atoms with van der Waals surface area (Å²) in [6, 6.07) is 9.24. The lowest BCUT2D eigenvalue weighted by Gasteiger charge is -2.13. The van der Waals surface area contributed by atoms with Gasteiger partial charge >= 0.3 is 11.9 Å². The Hall–Kier alpha value is -4.19. The monoisotopic (exact) mass is 661 g/mol. The largest absolute Gasteiger partial charge is 0.338 e. The summed E-state index contributed by atoms with van der Waals surface area (Å²) in [5, 5.41) is 20.0. The van der Waals surface area contributed by atoms with Gasteiger partial charge in [0.1, 0.15) is 11.4 Å². The summed E-state index contributed by atoms with van der Waals surface area (Å²) in [4.78, 5) is 74.2. The lowest BCUT2D eigenvalue weighted by Crippen LogP contribution is -2.24. The average Bonchev–Trinajstić information content (AvgIpc) is 3.88. The van der Waals surface area contributed by atoms with E-state index in [1.54, 1.807) is 25.1 Å². The number of nitrogens with zero attached hydrogens (tertiary/aromatic N) is 3. The van der Waals surface area contributed by atoms with Crippen LogP contribution in [0.25, 0.3) is 0 Å². The van der Waals surface area contributed by atoms with Crippen molar-refractivity contribution in [3.05, 3.63) is 63.2 Å². The van der Waals surface area contributed by atoms with Gasteiger partial charge in [-0.3, -0.25) is 19.7 Å². The molecule has 3 fully saturated rings. The van der Waals surface area contributed by atoms with Crippen molar-refractivity contribution in [2.45, 2.75) is 101 Å². The normalized spacial score (nSPS) is 18.0. The van der Waals surface area contributed by atoms with Crippen LogP contribution in [0, 0.1) is 34.8 Å². The van der Waals surface area contributed by atoms with Crippen molar-refractivity contribution in [2.75, 3.05) is 0 Å². The SMILES string of the molecule is C/C(=N\OC(=O)C1CCCC1)C(=O)c1ccc(Sc2ccc(C(=O)/C(=N/OC(=O)C3CCCC3)C3CCCC3)cc2[N+](=O)[O-])c(C)c1. The molecule has 0 spiro atoms. The van der Waals surface area contributed by atoms with Gasteiger partial charge in [-0.15, -0.1) is 0 Å². The van der Waals surface area contributed by atoms with Crippen LogP contribution in [0.3, 0.4) is 0 Å². The molecule has 0 aromatic heterocycles. The minimum atomic E-state index is -0.536. The Kier molecular flexibility index (Phi) is 11.3. The van der Waals surface area contributed by atoms with Crippen molar-refractivity contribution >= 4 is 52.4 Å². The Morgan fingerprint density at radius 1 is 0.723 bits per heavy atom. The van der Waals surface area contributed by atoms with Crippen molar-refractivity contribution in [3.63, 3.8) is 0 Å². The number of carbonyl (C=O) groups excluding carboxylic acids is 4. The van der Waals surface area contributed by atoms with Crippen LogP contribution in [0.2, 0.25) is 0 Å². The van der Waals surface area contributed by atoms with Crippen molar-refractivity contribution in [1.29, 1.82) is 0 Å². The van der Waals surface area contributed by atoms with Crippen molar-refractivity contribution < 1.29 is 33.8 Å². The molecule has 0 N–H and O–H groups in total. The molecule has 3 saturated carbocycles. The number of benzene rings is 2. The highest BCUT2D eigenvalue weighted by atomic mass is 32.2. The van der Waals surface area contributed by atoms with Crippen LogP contribution in [-0.2, 0) is 19.3 Å². The molecule has 47 heavy (non-hydrogen) atoms. The van der Waals surface area contributed by atoms with Gasteiger partial charge in [0.25, 0.3) is 5.69 Å². The predicted octanol–water partition coefficient (Wildman–Crippen LogP) is 7.81. The molecule has 2 aromatic carbocycles. The van der Waals surface area contributed by atoms with Crippen LogP contribution < -0.4 is 0 Å². The fourth-order valence-corrected chi connectivity index (χ4v) is 7.46. The van der Waals surface area contributed by atoms with E-state index in [0.717, 1.165) is 88.8 Å². The quantitative estimate of drug-likeness (QED) is 0.0728. The first-order valence-electron chi connectivity index (χ1n) is 16.3. The molecule has 5 rings (SSSR count). The molecule has 0 atom stereocenters. The molecule has 0 radical (unpaired) electrons. The molecule has 12 heteroatoms. The first-order chi connectivity index (χ1) is 22.6. The molecule has 0 unspecified atom stereocenters. The maximum absolute atomic E-state index is 13.7. The van der Waals surface area contributed by atoms with E-state index in [4.69, 9.17) is 9.68 Å². The fourth-order valence-electron chi connectivity index (χ4n) is 6.49. The summed E-state index contributed by atoms with van der Waals surface area (Å²) in [7, 11) is 0. The number of carbonyl (C=O) groups is 4. The third-order valence-corrected chi connectivity index (χ3v) is 10.5. The molecule has 0 bridgehead atoms. The van der Waals surface area contributed by atoms with Crippen LogP contribution in [-0.4, -0.2) is 39.9 Å². The van der Waals surface area contributed by atoms with Gasteiger partial charge in [0.2, 0.25) is 11.6 Å². The third-order valence-electron chi connectivity index (χ3n) is 9.26. The topological polar surface area (TPSA) is 155 Å². The number of rotatable bonds is 12. The van der Waals surface area contributed by atoms with Crippen molar-refractivity contribution in [2.24, 2.45) is 28.1 Å². The maximum Gasteiger partial charge on any atom is 0.338 e. The Morgan fingerprint density at radius 3 is 1.74 bits per heavy atom. The first-order valence-corrected chi connectivity index (χ1v) is 17.1. The molecular weight excluding hydrogens is 622 g/mol. The van der Waals surface area contributed by atoms with Crippen LogP contribution in [0.4, 0.5) is 5.69 Å². The predicted molar refractivity (Wildman–Crippen MR) is 176 cm³/mol. The lowest BCUT2D eigenvalue weighted by molar-refractivity contribution is -0.387. The molecular formula is C35H39N3O8S. The number of hydrogen-bond donors (Lipinski definition) is 0. The zero-order valence-electron chi connectivity index (χ0n) is 26.7. The summed E-state index contributed by atoms with van der Waals surface area (Å²) in [5.74, 6) is -2.30. The fraction of sp³-hybridized carbons (Fsp3) is 0.486. The zero-order valence-corrected chi connectivity index (χ0v) is 27.5. The van der Waals surface area contributed by atoms with Crippen LogP contribution in [0.15, 0.2) is 56.5 Å². The van der Waals surface area contributed by atoms with Crippen molar-refractivity contribution in [1.82, 2.24) is 0 Å². The maximum atomic E-state index is 13.7. The molecule has 0 aliphatic heterocycles. The summed E-state index contributed by atoms with van der Waals surface area (Å²) in [6.07, 6.45) is 10.2. The summed E-state index contributed by atoms with van der Waals surface area (Å²) >= 11 is 1.15. The number of oxime groups is 2. The molecule has 0 amide bonds. The zero-order chi connectivity index (χ0) is 33.5. The summed E-state index contributed by atoms with van der Waals surface area (Å²) in [6.45, 7) is 3.27. The van der Waals surface area contributed by atoms with Gasteiger partial charge in [0.15, 0.2) is 0 Å². The number of Topliss-reactive ketones (excluding diaryl/α,β-unsaturated/α-hetero) is 2. The Labute approximate surface area is 277 Å². The van der Waals surface area contributed by atoms with Crippen molar-refractivity contribution in [3.8, 4) is 0 Å². The summed E-state index contributed by atoms with van der Waals surface area (Å²) < 4.78 is 0. The van der Waals surface area contributed by atoms with Gasteiger partial charge in [-0.25, -0.2) is 9.59 Å². The second-order valence-electron chi connectivity index (χ2n) is 12.6. The number of ketones is 2. The number of nitro benzene ring substituents is 1. The van der Waals surface area contributed by atoms with E-state index >= 15 is 0 Å². The molecule has 0 saturated heterocycles. The molecule has 3 aliphatic rings. The van der Waals surface area contributed by atoms with Gasteiger partial charge in [-0.05, 0) is 88.3 Å². The molecule has 0 heterocycles. The van der Waals surface area contributed by atoms with Gasteiger partial charge in [-0.1, -0.05) is 60.6 Å². The third kappa shape index (κ3) is 8.40. The average molecular weight is 662 g/mol. The van der Waals surface area contributed by atoms with Gasteiger partial charge in [0, 0.05) is 28.0 Å². The Morgan fingerprint density at radius 2 is 1.21 bits per heavy atom. The van der Waals surface area contributed by atoms with E-state index < -0.39 is 28.4 Å². The molecule has 11 nitrogen and oxygen atoms in total. The minimum absolute atomic E-state index is 0.0425. The van der Waals surface area contributed by atoms with Gasteiger partial charge in [0.05, 0.1) is 21.7 Å². The second-order valence-corrected chi connectivity index (χ2v) is 13.7. The van der Waals surface area contributed by atoms with Gasteiger partial charge in [-0.2, -0.15) is 0 Å². The van der Waals surface area contributed by atoms with Crippen LogP contribution in [0.5, 0.6) is 0 Å². The Balaban J connectivity index is 1.31. The van der Waals surface area contributed by atoms with E-state index in [9.17, 15) is 29.3 Å². The molecule has 248 valence electrons. The van der Waals surface area contributed by atoms with Gasteiger partial charge < -0.3 is 9.68 Å². The standard InChI is InChI=1S/C35H39N3O8S/c1-21-19-26(32(39)22(2)36-45-34(41)24-11-5-6-12-24)15-17-29(21)47-30-18-16-27(20-28(30)38(43)44)33(40)31(23-9-3-4-10-23)37-46-35(42)25-13-7-8-14-25/h15-20,23-25H,3-14H2,1-2H3/b36-22+,37-31+. The van der Waals surface area contributed by atoms with E-state index in [1.165, 1.54) is 25.1 Å². The summed E-state index contributed by atoms with van der Waals surface area (Å²) in [5.41, 5.74) is 1.07.